The molecule has 0 aliphatic carbocycles. The van der Waals surface area contributed by atoms with Gasteiger partial charge in [0.05, 0.1) is 24.3 Å². The molecule has 2 aromatic carbocycles. The van der Waals surface area contributed by atoms with Gasteiger partial charge in [0.15, 0.2) is 0 Å². The number of hydrogen-bond donors (Lipinski definition) is 1. The van der Waals surface area contributed by atoms with Crippen molar-refractivity contribution in [1.29, 1.82) is 0 Å². The molecule has 31 heavy (non-hydrogen) atoms. The second-order valence-corrected chi connectivity index (χ2v) is 8.57. The van der Waals surface area contributed by atoms with Crippen molar-refractivity contribution in [2.75, 3.05) is 31.6 Å². The molecule has 2 heterocycles. The Hall–Kier alpha value is -2.74. The summed E-state index contributed by atoms with van der Waals surface area (Å²) in [5.74, 6) is -1.52. The summed E-state index contributed by atoms with van der Waals surface area (Å²) in [4.78, 5) is 28.8. The molecule has 1 fully saturated rings. The fraction of sp³-hybridized carbons (Fsp3) is 0.217. The Morgan fingerprint density at radius 1 is 1.13 bits per heavy atom. The first-order valence-electron chi connectivity index (χ1n) is 9.78. The number of thiophene rings is 1. The number of nitrogens with zero attached hydrogens (tertiary/aromatic N) is 1. The number of rotatable bonds is 4. The molecule has 160 valence electrons. The number of carbonyl (C=O) groups is 2. The Morgan fingerprint density at radius 3 is 2.55 bits per heavy atom. The van der Waals surface area contributed by atoms with Gasteiger partial charge in [0, 0.05) is 23.0 Å². The number of hydrogen-bond acceptors (Lipinski definition) is 4. The Kier molecular flexibility index (Phi) is 6.36. The van der Waals surface area contributed by atoms with Crippen molar-refractivity contribution in [2.24, 2.45) is 0 Å². The second-order valence-electron chi connectivity index (χ2n) is 7.11. The van der Waals surface area contributed by atoms with Gasteiger partial charge in [-0.15, -0.1) is 11.3 Å². The number of halogens is 2. The lowest BCUT2D eigenvalue weighted by atomic mass is 10.1. The summed E-state index contributed by atoms with van der Waals surface area (Å²) in [7, 11) is 0. The van der Waals surface area contributed by atoms with Crippen LogP contribution in [0, 0.1) is 12.7 Å². The number of anilines is 1. The maximum Gasteiger partial charge on any atom is 0.259 e. The minimum absolute atomic E-state index is 0.176. The molecule has 1 saturated heterocycles. The second kappa shape index (κ2) is 9.18. The third-order valence-electron chi connectivity index (χ3n) is 5.10. The summed E-state index contributed by atoms with van der Waals surface area (Å²) in [6.45, 7) is 3.75. The van der Waals surface area contributed by atoms with Gasteiger partial charge in [0.25, 0.3) is 11.8 Å². The summed E-state index contributed by atoms with van der Waals surface area (Å²) < 4.78 is 19.6. The van der Waals surface area contributed by atoms with E-state index in [1.807, 2.05) is 37.3 Å². The Bertz CT molecular complexity index is 1130. The van der Waals surface area contributed by atoms with Crippen molar-refractivity contribution in [1.82, 2.24) is 4.90 Å². The Morgan fingerprint density at radius 2 is 1.84 bits per heavy atom. The number of carbonyl (C=O) groups excluding carboxylic acids is 2. The van der Waals surface area contributed by atoms with Crippen LogP contribution in [0.5, 0.6) is 0 Å². The van der Waals surface area contributed by atoms with E-state index in [0.29, 0.717) is 36.9 Å². The molecule has 5 nitrogen and oxygen atoms in total. The summed E-state index contributed by atoms with van der Waals surface area (Å²) >= 11 is 7.24. The van der Waals surface area contributed by atoms with E-state index >= 15 is 0 Å². The normalized spacial score (nSPS) is 13.8. The molecule has 0 atom stereocenters. The largest absolute Gasteiger partial charge is 0.378 e. The van der Waals surface area contributed by atoms with Crippen LogP contribution in [0.3, 0.4) is 0 Å². The van der Waals surface area contributed by atoms with Crippen LogP contribution in [0.1, 0.15) is 26.3 Å². The van der Waals surface area contributed by atoms with Gasteiger partial charge in [0.1, 0.15) is 10.8 Å². The van der Waals surface area contributed by atoms with Gasteiger partial charge in [-0.25, -0.2) is 4.39 Å². The number of morpholine rings is 1. The van der Waals surface area contributed by atoms with Gasteiger partial charge in [-0.2, -0.15) is 0 Å². The molecule has 8 heteroatoms. The van der Waals surface area contributed by atoms with Crippen LogP contribution in [0.2, 0.25) is 5.02 Å². The summed E-state index contributed by atoms with van der Waals surface area (Å²) in [5.41, 5.74) is 1.95. The summed E-state index contributed by atoms with van der Waals surface area (Å²) in [5, 5.41) is 3.39. The molecular weight excluding hydrogens is 439 g/mol. The van der Waals surface area contributed by atoms with E-state index < -0.39 is 11.7 Å². The Labute approximate surface area is 188 Å². The van der Waals surface area contributed by atoms with Gasteiger partial charge in [-0.1, -0.05) is 41.9 Å². The molecule has 3 aromatic rings. The number of ether oxygens (including phenoxy) is 1. The third kappa shape index (κ3) is 4.49. The average Bonchev–Trinajstić information content (AvgIpc) is 3.11. The van der Waals surface area contributed by atoms with Crippen LogP contribution in [-0.4, -0.2) is 43.0 Å². The van der Waals surface area contributed by atoms with Crippen LogP contribution in [0.25, 0.3) is 10.4 Å². The molecule has 2 amide bonds. The van der Waals surface area contributed by atoms with Crippen molar-refractivity contribution in [2.45, 2.75) is 6.92 Å². The third-order valence-corrected chi connectivity index (χ3v) is 6.59. The molecule has 0 spiro atoms. The molecule has 0 radical (unpaired) electrons. The summed E-state index contributed by atoms with van der Waals surface area (Å²) in [6.07, 6.45) is 0. The number of benzene rings is 2. The fourth-order valence-corrected chi connectivity index (χ4v) is 4.86. The van der Waals surface area contributed by atoms with Crippen LogP contribution in [-0.2, 0) is 4.74 Å². The van der Waals surface area contributed by atoms with Crippen molar-refractivity contribution in [3.8, 4) is 10.4 Å². The molecule has 1 N–H and O–H groups in total. The van der Waals surface area contributed by atoms with E-state index in [1.165, 1.54) is 23.5 Å². The zero-order chi connectivity index (χ0) is 22.0. The topological polar surface area (TPSA) is 58.6 Å². The maximum absolute atomic E-state index is 14.2. The highest BCUT2D eigenvalue weighted by Crippen LogP contribution is 2.41. The fourth-order valence-electron chi connectivity index (χ4n) is 3.49. The van der Waals surface area contributed by atoms with Gasteiger partial charge < -0.3 is 15.0 Å². The first kappa shape index (κ1) is 21.5. The molecular formula is C23H20ClFN2O3S. The van der Waals surface area contributed by atoms with E-state index in [4.69, 9.17) is 16.3 Å². The highest BCUT2D eigenvalue weighted by molar-refractivity contribution is 7.20. The van der Waals surface area contributed by atoms with Gasteiger partial charge in [0.2, 0.25) is 0 Å². The van der Waals surface area contributed by atoms with Crippen LogP contribution in [0.15, 0.2) is 48.5 Å². The smallest absolute Gasteiger partial charge is 0.259 e. The molecule has 0 saturated carbocycles. The lowest BCUT2D eigenvalue weighted by Gasteiger charge is -2.27. The maximum atomic E-state index is 14.2. The van der Waals surface area contributed by atoms with Crippen LogP contribution >= 0.6 is 22.9 Å². The minimum atomic E-state index is -0.681. The van der Waals surface area contributed by atoms with E-state index in [-0.39, 0.29) is 16.5 Å². The standard InChI is InChI=1S/C23H20ClFN2O3S/c1-14-19(23(29)27-9-11-30-12-10-27)22(31-20(14)15-5-3-2-4-6-15)26-21(28)17-13-16(24)7-8-18(17)25/h2-8,13H,9-12H2,1H3,(H,26,28). The molecule has 1 aliphatic rings. The minimum Gasteiger partial charge on any atom is -0.378 e. The highest BCUT2D eigenvalue weighted by Gasteiger charge is 2.28. The molecule has 4 rings (SSSR count). The summed E-state index contributed by atoms with van der Waals surface area (Å²) in [6, 6.07) is 13.4. The van der Waals surface area contributed by atoms with Crippen molar-refractivity contribution < 1.29 is 18.7 Å². The first-order chi connectivity index (χ1) is 15.0. The van der Waals surface area contributed by atoms with Crippen LogP contribution in [0.4, 0.5) is 9.39 Å². The van der Waals surface area contributed by atoms with E-state index in [2.05, 4.69) is 5.32 Å². The number of amides is 2. The first-order valence-corrected chi connectivity index (χ1v) is 11.0. The van der Waals surface area contributed by atoms with Crippen molar-refractivity contribution in [3.63, 3.8) is 0 Å². The van der Waals surface area contributed by atoms with Crippen molar-refractivity contribution in [3.05, 3.63) is 76.1 Å². The van der Waals surface area contributed by atoms with Gasteiger partial charge >= 0.3 is 0 Å². The highest BCUT2D eigenvalue weighted by atomic mass is 35.5. The zero-order valence-corrected chi connectivity index (χ0v) is 18.4. The van der Waals surface area contributed by atoms with Crippen molar-refractivity contribution >= 4 is 39.8 Å². The zero-order valence-electron chi connectivity index (χ0n) is 16.8. The number of nitrogens with one attached hydrogen (secondary N) is 1. The van der Waals surface area contributed by atoms with Crippen LogP contribution < -0.4 is 5.32 Å². The average molecular weight is 459 g/mol. The van der Waals surface area contributed by atoms with Gasteiger partial charge in [-0.05, 0) is 36.2 Å². The van der Waals surface area contributed by atoms with Gasteiger partial charge in [-0.3, -0.25) is 9.59 Å². The van der Waals surface area contributed by atoms with E-state index in [0.717, 1.165) is 22.1 Å². The molecule has 0 bridgehead atoms. The lowest BCUT2D eigenvalue weighted by Crippen LogP contribution is -2.41. The Balaban J connectivity index is 1.75. The van der Waals surface area contributed by atoms with E-state index in [1.54, 1.807) is 4.90 Å². The quantitative estimate of drug-likeness (QED) is 0.581. The van der Waals surface area contributed by atoms with E-state index in [9.17, 15) is 14.0 Å². The molecule has 1 aromatic heterocycles. The SMILES string of the molecule is Cc1c(-c2ccccc2)sc(NC(=O)c2cc(Cl)ccc2F)c1C(=O)N1CCOCC1. The predicted molar refractivity (Wildman–Crippen MR) is 121 cm³/mol. The monoisotopic (exact) mass is 458 g/mol. The molecule has 1 aliphatic heterocycles. The molecule has 0 unspecified atom stereocenters. The predicted octanol–water partition coefficient (Wildman–Crippen LogP) is 5.24. The lowest BCUT2D eigenvalue weighted by molar-refractivity contribution is 0.0303.